The maximum absolute atomic E-state index is 14.2. The van der Waals surface area contributed by atoms with Gasteiger partial charge in [-0.05, 0) is 24.3 Å². The van der Waals surface area contributed by atoms with Crippen LogP contribution >= 0.6 is 11.6 Å². The molecule has 5 rings (SSSR count). The number of benzene rings is 1. The van der Waals surface area contributed by atoms with Crippen molar-refractivity contribution < 1.29 is 23.1 Å². The Morgan fingerprint density at radius 1 is 1.38 bits per heavy atom. The zero-order valence-electron chi connectivity index (χ0n) is 20.9. The van der Waals surface area contributed by atoms with Crippen molar-refractivity contribution in [3.8, 4) is 28.8 Å². The number of H-pyrrole nitrogens is 1. The van der Waals surface area contributed by atoms with Gasteiger partial charge in [-0.2, -0.15) is 0 Å². The quantitative estimate of drug-likeness (QED) is 0.319. The molecule has 0 unspecified atom stereocenters. The van der Waals surface area contributed by atoms with E-state index < -0.39 is 30.8 Å². The number of likely N-dealkylation sites (tertiary alicyclic amines) is 1. The van der Waals surface area contributed by atoms with Gasteiger partial charge in [0, 0.05) is 43.0 Å². The van der Waals surface area contributed by atoms with Crippen LogP contribution in [-0.4, -0.2) is 58.8 Å². The van der Waals surface area contributed by atoms with E-state index in [1.807, 2.05) is 0 Å². The summed E-state index contributed by atoms with van der Waals surface area (Å²) in [7, 11) is 1.50. The number of aromatic nitrogens is 2. The van der Waals surface area contributed by atoms with Gasteiger partial charge in [-0.15, -0.1) is 0 Å². The molecule has 0 spiro atoms. The summed E-state index contributed by atoms with van der Waals surface area (Å²) >= 11 is 6.33. The minimum Gasteiger partial charge on any atom is -0.493 e. The van der Waals surface area contributed by atoms with E-state index in [4.69, 9.17) is 16.3 Å². The number of pyridine rings is 1. The normalized spacial score (nSPS) is 17.5. The van der Waals surface area contributed by atoms with E-state index >= 15 is 0 Å². The van der Waals surface area contributed by atoms with Crippen LogP contribution in [0.1, 0.15) is 28.0 Å². The number of rotatable bonds is 5. The van der Waals surface area contributed by atoms with Crippen molar-refractivity contribution in [1.29, 1.82) is 0 Å². The van der Waals surface area contributed by atoms with Crippen molar-refractivity contribution in [2.24, 2.45) is 0 Å². The third-order valence-corrected chi connectivity index (χ3v) is 6.89. The molecule has 2 amide bonds. The van der Waals surface area contributed by atoms with Gasteiger partial charge in [0.25, 0.3) is 11.8 Å². The number of anilines is 2. The fraction of sp³-hybridized carbons (Fsp3) is 0.250. The van der Waals surface area contributed by atoms with Crippen LogP contribution in [0, 0.1) is 11.8 Å². The molecule has 0 saturated carbocycles. The number of amides is 2. The van der Waals surface area contributed by atoms with E-state index in [9.17, 15) is 18.4 Å². The SMILES string of the molecule is C=CC(=O)N1CC(F)(F)C[C@@H]1C#Cc1cnccc1-c1[nH]c2c(c1Nc1cccc(Cl)c1OC)C(=O)NCC2. The largest absolute Gasteiger partial charge is 0.493 e. The van der Waals surface area contributed by atoms with E-state index in [0.717, 1.165) is 16.7 Å². The van der Waals surface area contributed by atoms with Crippen LogP contribution in [0.5, 0.6) is 5.75 Å². The average molecular weight is 552 g/mol. The highest BCUT2D eigenvalue weighted by Gasteiger charge is 2.45. The second-order valence-electron chi connectivity index (χ2n) is 9.12. The van der Waals surface area contributed by atoms with Crippen molar-refractivity contribution in [2.75, 3.05) is 25.5 Å². The van der Waals surface area contributed by atoms with E-state index in [1.165, 1.54) is 13.3 Å². The summed E-state index contributed by atoms with van der Waals surface area (Å²) in [5, 5.41) is 6.55. The maximum atomic E-state index is 14.2. The zero-order valence-corrected chi connectivity index (χ0v) is 21.7. The second-order valence-corrected chi connectivity index (χ2v) is 9.52. The Balaban J connectivity index is 1.61. The van der Waals surface area contributed by atoms with E-state index in [1.54, 1.807) is 30.5 Å². The molecule has 1 atom stereocenters. The molecule has 200 valence electrons. The van der Waals surface area contributed by atoms with Crippen molar-refractivity contribution >= 4 is 34.8 Å². The zero-order chi connectivity index (χ0) is 27.7. The molecule has 1 fully saturated rings. The summed E-state index contributed by atoms with van der Waals surface area (Å²) in [5.74, 6) is 2.27. The average Bonchev–Trinajstić information content (AvgIpc) is 3.44. The highest BCUT2D eigenvalue weighted by Crippen LogP contribution is 2.41. The minimum absolute atomic E-state index is 0.254. The molecular formula is C28H24ClF2N5O3. The van der Waals surface area contributed by atoms with Crippen molar-refractivity contribution in [2.45, 2.75) is 24.8 Å². The van der Waals surface area contributed by atoms with Crippen LogP contribution in [0.15, 0.2) is 49.3 Å². The monoisotopic (exact) mass is 551 g/mol. The van der Waals surface area contributed by atoms with E-state index in [-0.39, 0.29) is 5.91 Å². The molecule has 0 bridgehead atoms. The van der Waals surface area contributed by atoms with Crippen LogP contribution in [0.3, 0.4) is 0 Å². The van der Waals surface area contributed by atoms with E-state index in [2.05, 4.69) is 39.0 Å². The van der Waals surface area contributed by atoms with Crippen molar-refractivity contribution in [1.82, 2.24) is 20.2 Å². The number of carbonyl (C=O) groups is 2. The topological polar surface area (TPSA) is 99.3 Å². The lowest BCUT2D eigenvalue weighted by Crippen LogP contribution is -2.34. The molecule has 3 aromatic rings. The number of methoxy groups -OCH3 is 1. The highest BCUT2D eigenvalue weighted by atomic mass is 35.5. The lowest BCUT2D eigenvalue weighted by Gasteiger charge is -2.18. The number of nitrogens with one attached hydrogen (secondary N) is 3. The fourth-order valence-electron chi connectivity index (χ4n) is 4.82. The summed E-state index contributed by atoms with van der Waals surface area (Å²) in [6.45, 7) is 3.16. The first-order valence-electron chi connectivity index (χ1n) is 12.1. The number of hydrogen-bond donors (Lipinski definition) is 3. The van der Waals surface area contributed by atoms with Gasteiger partial charge in [0.05, 0.1) is 52.9 Å². The van der Waals surface area contributed by atoms with Crippen LogP contribution in [0.25, 0.3) is 11.3 Å². The van der Waals surface area contributed by atoms with Gasteiger partial charge in [0.2, 0.25) is 5.91 Å². The van der Waals surface area contributed by atoms with Gasteiger partial charge < -0.3 is 25.3 Å². The third kappa shape index (κ3) is 5.05. The smallest absolute Gasteiger partial charge is 0.268 e. The fourth-order valence-corrected chi connectivity index (χ4v) is 5.08. The lowest BCUT2D eigenvalue weighted by atomic mass is 10.0. The van der Waals surface area contributed by atoms with Gasteiger partial charge in [-0.25, -0.2) is 8.78 Å². The van der Waals surface area contributed by atoms with Crippen LogP contribution in [0.2, 0.25) is 5.02 Å². The number of alkyl halides is 2. The molecule has 11 heteroatoms. The van der Waals surface area contributed by atoms with Crippen LogP contribution in [-0.2, 0) is 11.2 Å². The van der Waals surface area contributed by atoms with E-state index in [0.29, 0.717) is 57.5 Å². The number of carbonyl (C=O) groups excluding carboxylic acids is 2. The molecule has 1 aromatic carbocycles. The standard InChI is InChI=1S/C28H24ClF2N5O3/c1-3-22(37)36-15-28(30,31)13-17(36)8-7-16-14-32-11-9-18(16)24-25(23-20(34-24)10-12-33-27(23)38)35-21-6-4-5-19(29)26(21)39-2/h3-6,9,11,14,17,34-35H,1,10,12-13,15H2,2H3,(H,33,38)/t17-/m0/s1. The first kappa shape index (κ1) is 26.3. The molecule has 0 radical (unpaired) electrons. The van der Waals surface area contributed by atoms with Crippen molar-refractivity contribution in [3.63, 3.8) is 0 Å². The molecule has 2 aliphatic heterocycles. The second kappa shape index (κ2) is 10.4. The Labute approximate surface area is 228 Å². The predicted molar refractivity (Wildman–Crippen MR) is 143 cm³/mol. The minimum atomic E-state index is -3.05. The first-order valence-corrected chi connectivity index (χ1v) is 12.5. The summed E-state index contributed by atoms with van der Waals surface area (Å²) in [5.41, 5.74) is 3.76. The number of para-hydroxylation sites is 1. The van der Waals surface area contributed by atoms with Gasteiger partial charge in [0.15, 0.2) is 5.75 Å². The van der Waals surface area contributed by atoms with Gasteiger partial charge in [-0.1, -0.05) is 36.1 Å². The van der Waals surface area contributed by atoms with Crippen LogP contribution in [0.4, 0.5) is 20.2 Å². The number of fused-ring (bicyclic) bond motifs is 1. The molecule has 1 saturated heterocycles. The molecule has 4 heterocycles. The maximum Gasteiger partial charge on any atom is 0.268 e. The Bertz CT molecular complexity index is 1540. The Hall–Kier alpha value is -4.36. The Kier molecular flexibility index (Phi) is 7.02. The molecule has 0 aliphatic carbocycles. The number of ether oxygens (including phenoxy) is 1. The van der Waals surface area contributed by atoms with Crippen LogP contribution < -0.4 is 15.4 Å². The number of hydrogen-bond acceptors (Lipinski definition) is 5. The van der Waals surface area contributed by atoms with Gasteiger partial charge in [0.1, 0.15) is 0 Å². The molecule has 8 nitrogen and oxygen atoms in total. The Morgan fingerprint density at radius 2 is 2.21 bits per heavy atom. The number of halogens is 3. The molecule has 39 heavy (non-hydrogen) atoms. The number of nitrogens with zero attached hydrogens (tertiary/aromatic N) is 2. The lowest BCUT2D eigenvalue weighted by molar-refractivity contribution is -0.127. The molecule has 2 aliphatic rings. The molecule has 2 aromatic heterocycles. The predicted octanol–water partition coefficient (Wildman–Crippen LogP) is 4.54. The Morgan fingerprint density at radius 3 is 2.97 bits per heavy atom. The number of aromatic amines is 1. The summed E-state index contributed by atoms with van der Waals surface area (Å²) in [6.07, 6.45) is 4.08. The summed E-state index contributed by atoms with van der Waals surface area (Å²) in [4.78, 5) is 33.7. The van der Waals surface area contributed by atoms with Gasteiger partial charge in [-0.3, -0.25) is 14.6 Å². The van der Waals surface area contributed by atoms with Gasteiger partial charge >= 0.3 is 0 Å². The third-order valence-electron chi connectivity index (χ3n) is 6.59. The van der Waals surface area contributed by atoms with Crippen molar-refractivity contribution in [3.05, 3.63) is 71.2 Å². The first-order chi connectivity index (χ1) is 18.7. The summed E-state index contributed by atoms with van der Waals surface area (Å²) in [6, 6.07) is 5.94. The summed E-state index contributed by atoms with van der Waals surface area (Å²) < 4.78 is 33.8. The highest BCUT2D eigenvalue weighted by molar-refractivity contribution is 6.32. The molecular weight excluding hydrogens is 528 g/mol. The molecule has 3 N–H and O–H groups in total.